The Morgan fingerprint density at radius 1 is 0.456 bits per heavy atom. The summed E-state index contributed by atoms with van der Waals surface area (Å²) in [5.41, 5.74) is 1.52. The van der Waals surface area contributed by atoms with Crippen LogP contribution in [0.5, 0.6) is 5.75 Å². The Labute approximate surface area is 466 Å². The summed E-state index contributed by atoms with van der Waals surface area (Å²) in [4.78, 5) is 93.8. The lowest BCUT2D eigenvalue weighted by molar-refractivity contribution is -0.158. The van der Waals surface area contributed by atoms with Gasteiger partial charge in [0.1, 0.15) is 45.4 Å². The topological polar surface area (TPSA) is 201 Å². The highest BCUT2D eigenvalue weighted by molar-refractivity contribution is 5.94. The van der Waals surface area contributed by atoms with E-state index in [-0.39, 0.29) is 75.2 Å². The Balaban J connectivity index is 0.000000314. The number of carbonyl (C=O) groups is 8. The van der Waals surface area contributed by atoms with Crippen molar-refractivity contribution in [3.8, 4) is 5.75 Å². The molecule has 0 radical (unpaired) electrons. The monoisotopic (exact) mass is 1090 g/mol. The van der Waals surface area contributed by atoms with Gasteiger partial charge in [-0.1, -0.05) is 113 Å². The lowest BCUT2D eigenvalue weighted by Gasteiger charge is -2.20. The number of rotatable bonds is 24. The van der Waals surface area contributed by atoms with Crippen molar-refractivity contribution in [2.75, 3.05) is 39.6 Å². The maximum absolute atomic E-state index is 12.2. The Bertz CT molecular complexity index is 2720. The van der Waals surface area contributed by atoms with Crippen LogP contribution >= 0.6 is 0 Å². The summed E-state index contributed by atoms with van der Waals surface area (Å²) < 4.78 is 35.8. The largest absolute Gasteiger partial charge is 0.462 e. The molecule has 79 heavy (non-hydrogen) atoms. The van der Waals surface area contributed by atoms with Crippen molar-refractivity contribution in [1.29, 1.82) is 0 Å². The average Bonchev–Trinajstić information content (AvgIpc) is 3.45. The van der Waals surface area contributed by atoms with Gasteiger partial charge in [-0.2, -0.15) is 0 Å². The van der Waals surface area contributed by atoms with E-state index >= 15 is 0 Å². The lowest BCUT2D eigenvalue weighted by Crippen LogP contribution is -2.27. The first-order valence-electron chi connectivity index (χ1n) is 27.0. The van der Waals surface area contributed by atoms with E-state index < -0.39 is 34.2 Å². The molecule has 0 amide bonds. The van der Waals surface area contributed by atoms with Crippen molar-refractivity contribution in [3.05, 3.63) is 131 Å². The van der Waals surface area contributed by atoms with E-state index in [1.807, 2.05) is 105 Å². The SMILES string of the molecule is CCC(C)(C)C(=O)OCCOC(=O)/C=C/c1ccc(C(C)=O)cc1.CCC(C)(C)C(=O)OCCOC(=O)/C=C/c1ccc(OC(=O)C2CCCCC2)cc1.CCC(C)(C)C(=O)OCCOC(=O)/C=C/c1ccc2ccccc2c1. The van der Waals surface area contributed by atoms with Gasteiger partial charge in [-0.05, 0) is 144 Å². The molecule has 1 aliphatic carbocycles. The van der Waals surface area contributed by atoms with E-state index in [4.69, 9.17) is 33.2 Å². The summed E-state index contributed by atoms with van der Waals surface area (Å²) in [6, 6.07) is 27.8. The molecule has 4 aromatic carbocycles. The standard InChI is InChI=1S/C24H32O6.C21H24O4.C19H24O5/c1-4-24(2,3)23(27)29-17-16-28-21(25)15-12-18-10-13-20(14-11-18)30-22(26)19-8-6-5-7-9-19;1-4-21(2,3)20(23)25-14-13-24-19(22)12-10-16-9-11-17-7-5-6-8-18(17)15-16;1-5-19(3,4)18(22)24-13-12-23-17(21)11-8-15-6-9-16(10-7-15)14(2)20/h10-15,19H,4-9,16-17H2,1-3H3;5-12,15H,4,13-14H2,1-3H3;6-11H,5,12-13H2,1-4H3/b15-12+;12-10+;11-8+. The Morgan fingerprint density at radius 3 is 1.23 bits per heavy atom. The summed E-state index contributed by atoms with van der Waals surface area (Å²) in [6.45, 7) is 18.3. The first-order valence-corrected chi connectivity index (χ1v) is 27.0. The van der Waals surface area contributed by atoms with Crippen LogP contribution in [0, 0.1) is 22.2 Å². The molecule has 0 aromatic heterocycles. The highest BCUT2D eigenvalue weighted by atomic mass is 16.6. The minimum atomic E-state index is -0.541. The molecular formula is C64H80O15. The summed E-state index contributed by atoms with van der Waals surface area (Å²) in [5, 5.41) is 2.27. The van der Waals surface area contributed by atoms with Gasteiger partial charge in [0.05, 0.1) is 22.2 Å². The number of ketones is 1. The van der Waals surface area contributed by atoms with Crippen molar-refractivity contribution >= 4 is 76.6 Å². The summed E-state index contributed by atoms with van der Waals surface area (Å²) in [5.74, 6) is -2.05. The third-order valence-corrected chi connectivity index (χ3v) is 13.4. The highest BCUT2D eigenvalue weighted by Crippen LogP contribution is 2.27. The zero-order chi connectivity index (χ0) is 58.4. The van der Waals surface area contributed by atoms with Crippen molar-refractivity contribution < 1.29 is 71.5 Å². The molecule has 1 saturated carbocycles. The van der Waals surface area contributed by atoms with E-state index in [0.717, 1.165) is 53.1 Å². The Kier molecular flexibility index (Phi) is 27.9. The zero-order valence-electron chi connectivity index (χ0n) is 47.7. The number of ether oxygens (including phenoxy) is 7. The van der Waals surface area contributed by atoms with E-state index in [0.29, 0.717) is 30.6 Å². The van der Waals surface area contributed by atoms with Gasteiger partial charge in [-0.3, -0.25) is 24.0 Å². The van der Waals surface area contributed by atoms with Crippen LogP contribution in [0.2, 0.25) is 0 Å². The number of benzene rings is 4. The quantitative estimate of drug-likeness (QED) is 0.0160. The molecule has 0 heterocycles. The molecule has 1 aliphatic rings. The van der Waals surface area contributed by atoms with Crippen molar-refractivity contribution in [2.45, 2.75) is 121 Å². The molecule has 0 spiro atoms. The van der Waals surface area contributed by atoms with Crippen molar-refractivity contribution in [3.63, 3.8) is 0 Å². The van der Waals surface area contributed by atoms with Gasteiger partial charge in [0, 0.05) is 23.8 Å². The fourth-order valence-electron chi connectivity index (χ4n) is 6.81. The normalized spacial score (nSPS) is 12.8. The predicted octanol–water partition coefficient (Wildman–Crippen LogP) is 12.5. The van der Waals surface area contributed by atoms with Crippen LogP contribution < -0.4 is 4.74 Å². The molecule has 1 fully saturated rings. The molecule has 15 nitrogen and oxygen atoms in total. The number of Topliss-reactive ketones (excluding diaryl/α,β-unsaturated/α-hetero) is 1. The first kappa shape index (κ1) is 65.6. The smallest absolute Gasteiger partial charge is 0.330 e. The van der Waals surface area contributed by atoms with Crippen molar-refractivity contribution in [2.24, 2.45) is 22.2 Å². The van der Waals surface area contributed by atoms with Crippen LogP contribution in [-0.2, 0) is 62.0 Å². The van der Waals surface area contributed by atoms with Crippen LogP contribution in [-0.4, -0.2) is 87.2 Å². The van der Waals surface area contributed by atoms with E-state index in [2.05, 4.69) is 0 Å². The van der Waals surface area contributed by atoms with Crippen LogP contribution in [0.1, 0.15) is 148 Å². The molecule has 0 atom stereocenters. The molecule has 0 unspecified atom stereocenters. The van der Waals surface area contributed by atoms with Crippen LogP contribution in [0.15, 0.2) is 109 Å². The predicted molar refractivity (Wildman–Crippen MR) is 304 cm³/mol. The zero-order valence-corrected chi connectivity index (χ0v) is 47.7. The molecule has 15 heteroatoms. The average molecular weight is 1090 g/mol. The number of carbonyl (C=O) groups excluding carboxylic acids is 8. The van der Waals surface area contributed by atoms with Crippen molar-refractivity contribution in [1.82, 2.24) is 0 Å². The summed E-state index contributed by atoms with van der Waals surface area (Å²) >= 11 is 0. The minimum Gasteiger partial charge on any atom is -0.462 e. The number of hydrogen-bond donors (Lipinski definition) is 0. The molecule has 0 N–H and O–H groups in total. The lowest BCUT2D eigenvalue weighted by atomic mass is 9.89. The fraction of sp³-hybridized carbons (Fsp3) is 0.438. The second-order valence-corrected chi connectivity index (χ2v) is 20.7. The molecular weight excluding hydrogens is 1010 g/mol. The van der Waals surface area contributed by atoms with Crippen LogP contribution in [0.4, 0.5) is 0 Å². The van der Waals surface area contributed by atoms with Gasteiger partial charge in [0.15, 0.2) is 5.78 Å². The van der Waals surface area contributed by atoms with Gasteiger partial charge < -0.3 is 33.2 Å². The van der Waals surface area contributed by atoms with Gasteiger partial charge in [-0.15, -0.1) is 0 Å². The molecule has 0 saturated heterocycles. The fourth-order valence-corrected chi connectivity index (χ4v) is 6.81. The third-order valence-electron chi connectivity index (χ3n) is 13.4. The molecule has 0 bridgehead atoms. The number of esters is 7. The second-order valence-electron chi connectivity index (χ2n) is 20.7. The Hall–Kier alpha value is -7.68. The summed E-state index contributed by atoms with van der Waals surface area (Å²) in [6.07, 6.45) is 16.1. The molecule has 5 rings (SSSR count). The van der Waals surface area contributed by atoms with Gasteiger partial charge in [-0.25, -0.2) is 14.4 Å². The maximum Gasteiger partial charge on any atom is 0.330 e. The third kappa shape index (κ3) is 24.7. The van der Waals surface area contributed by atoms with E-state index in [1.54, 1.807) is 66.8 Å². The van der Waals surface area contributed by atoms with E-state index in [1.165, 1.54) is 31.6 Å². The summed E-state index contributed by atoms with van der Waals surface area (Å²) in [7, 11) is 0. The molecule has 426 valence electrons. The first-order chi connectivity index (χ1) is 37.5. The minimum absolute atomic E-state index is 0.000380. The van der Waals surface area contributed by atoms with E-state index in [9.17, 15) is 38.4 Å². The second kappa shape index (κ2) is 33.6. The number of fused-ring (bicyclic) bond motifs is 1. The van der Waals surface area contributed by atoms with Gasteiger partial charge in [0.25, 0.3) is 0 Å². The van der Waals surface area contributed by atoms with Gasteiger partial charge in [0.2, 0.25) is 0 Å². The molecule has 4 aromatic rings. The highest BCUT2D eigenvalue weighted by Gasteiger charge is 2.29. The van der Waals surface area contributed by atoms with Crippen LogP contribution in [0.3, 0.4) is 0 Å². The number of hydrogen-bond acceptors (Lipinski definition) is 15. The molecule has 0 aliphatic heterocycles. The van der Waals surface area contributed by atoms with Crippen LogP contribution in [0.25, 0.3) is 29.0 Å². The Morgan fingerprint density at radius 2 is 0.823 bits per heavy atom. The maximum atomic E-state index is 12.2. The van der Waals surface area contributed by atoms with Gasteiger partial charge >= 0.3 is 41.8 Å².